The summed E-state index contributed by atoms with van der Waals surface area (Å²) in [6.07, 6.45) is 4.80. The van der Waals surface area contributed by atoms with Crippen LogP contribution in [0, 0.1) is 5.92 Å². The van der Waals surface area contributed by atoms with Crippen LogP contribution in [0.5, 0.6) is 0 Å². The van der Waals surface area contributed by atoms with Crippen LogP contribution in [0.15, 0.2) is 24.8 Å². The van der Waals surface area contributed by atoms with Crippen molar-refractivity contribution < 1.29 is 4.79 Å². The highest BCUT2D eigenvalue weighted by molar-refractivity contribution is 5.81. The van der Waals surface area contributed by atoms with Gasteiger partial charge < -0.3 is 4.90 Å². The molecule has 0 aromatic rings. The highest BCUT2D eigenvalue weighted by Gasteiger charge is 2.25. The fourth-order valence-electron chi connectivity index (χ4n) is 1.84. The van der Waals surface area contributed by atoms with Crippen LogP contribution in [0.2, 0.25) is 0 Å². The second-order valence-electron chi connectivity index (χ2n) is 3.96. The average Bonchev–Trinajstić information content (AvgIpc) is 2.65. The van der Waals surface area contributed by atoms with E-state index in [0.29, 0.717) is 6.42 Å². The normalized spacial score (nSPS) is 17.9. The Bertz CT molecular complexity index is 239. The number of carbonyl (C=O) groups is 1. The molecule has 14 heavy (non-hydrogen) atoms. The maximum absolute atomic E-state index is 12.0. The predicted molar refractivity (Wildman–Crippen MR) is 58.9 cm³/mol. The summed E-state index contributed by atoms with van der Waals surface area (Å²) in [5.41, 5.74) is 0.946. The smallest absolute Gasteiger partial charge is 0.230 e. The van der Waals surface area contributed by atoms with Gasteiger partial charge in [-0.05, 0) is 26.2 Å². The van der Waals surface area contributed by atoms with Crippen LogP contribution in [0.1, 0.15) is 26.2 Å². The quantitative estimate of drug-likeness (QED) is 0.628. The van der Waals surface area contributed by atoms with Gasteiger partial charge in [-0.3, -0.25) is 4.79 Å². The number of hydrogen-bond acceptors (Lipinski definition) is 1. The first-order valence-electron chi connectivity index (χ1n) is 5.22. The third-order valence-electron chi connectivity index (χ3n) is 2.71. The second kappa shape index (κ2) is 4.99. The highest BCUT2D eigenvalue weighted by atomic mass is 16.2. The highest BCUT2D eigenvalue weighted by Crippen LogP contribution is 2.20. The van der Waals surface area contributed by atoms with Crippen LogP contribution in [0.4, 0.5) is 0 Å². The van der Waals surface area contributed by atoms with Gasteiger partial charge in [-0.1, -0.05) is 18.2 Å². The van der Waals surface area contributed by atoms with Gasteiger partial charge in [0.2, 0.25) is 5.91 Å². The van der Waals surface area contributed by atoms with E-state index < -0.39 is 0 Å². The van der Waals surface area contributed by atoms with Gasteiger partial charge in [-0.15, -0.1) is 6.58 Å². The number of nitrogens with zero attached hydrogens (tertiary/aromatic N) is 1. The van der Waals surface area contributed by atoms with Crippen molar-refractivity contribution in [1.82, 2.24) is 4.90 Å². The maximum atomic E-state index is 12.0. The van der Waals surface area contributed by atoms with Crippen molar-refractivity contribution in [2.24, 2.45) is 5.92 Å². The van der Waals surface area contributed by atoms with Gasteiger partial charge in [0.25, 0.3) is 0 Å². The van der Waals surface area contributed by atoms with Crippen LogP contribution in [-0.2, 0) is 4.79 Å². The minimum atomic E-state index is -0.0504. The van der Waals surface area contributed by atoms with Gasteiger partial charge in [0.15, 0.2) is 0 Å². The van der Waals surface area contributed by atoms with Crippen molar-refractivity contribution >= 4 is 5.91 Å². The molecule has 0 N–H and O–H groups in total. The molecule has 1 rings (SSSR count). The lowest BCUT2D eigenvalue weighted by molar-refractivity contribution is -0.133. The van der Waals surface area contributed by atoms with E-state index in [1.54, 1.807) is 6.08 Å². The van der Waals surface area contributed by atoms with Crippen LogP contribution in [-0.4, -0.2) is 23.9 Å². The van der Waals surface area contributed by atoms with Crippen LogP contribution >= 0.6 is 0 Å². The van der Waals surface area contributed by atoms with E-state index in [1.165, 1.54) is 0 Å². The zero-order chi connectivity index (χ0) is 10.6. The Morgan fingerprint density at radius 3 is 2.50 bits per heavy atom. The summed E-state index contributed by atoms with van der Waals surface area (Å²) in [5.74, 6) is 0.181. The zero-order valence-corrected chi connectivity index (χ0v) is 8.96. The molecule has 0 aromatic heterocycles. The fourth-order valence-corrected chi connectivity index (χ4v) is 1.84. The van der Waals surface area contributed by atoms with Crippen molar-refractivity contribution in [1.29, 1.82) is 0 Å². The molecule has 1 unspecified atom stereocenters. The average molecular weight is 193 g/mol. The number of carbonyl (C=O) groups excluding carboxylic acids is 1. The van der Waals surface area contributed by atoms with Crippen LogP contribution in [0.25, 0.3) is 0 Å². The molecule has 2 heteroatoms. The van der Waals surface area contributed by atoms with Gasteiger partial charge >= 0.3 is 0 Å². The Balaban J connectivity index is 2.61. The molecule has 1 atom stereocenters. The van der Waals surface area contributed by atoms with Gasteiger partial charge in [0.05, 0.1) is 5.92 Å². The van der Waals surface area contributed by atoms with Crippen molar-refractivity contribution in [3.05, 3.63) is 24.8 Å². The first-order valence-corrected chi connectivity index (χ1v) is 5.22. The van der Waals surface area contributed by atoms with E-state index in [1.807, 2.05) is 11.8 Å². The van der Waals surface area contributed by atoms with Crippen molar-refractivity contribution in [3.8, 4) is 0 Å². The van der Waals surface area contributed by atoms with E-state index in [9.17, 15) is 4.79 Å². The molecule has 2 nitrogen and oxygen atoms in total. The molecule has 1 aliphatic heterocycles. The third-order valence-corrected chi connectivity index (χ3v) is 2.71. The first-order chi connectivity index (χ1) is 6.66. The summed E-state index contributed by atoms with van der Waals surface area (Å²) in [7, 11) is 0. The lowest BCUT2D eigenvalue weighted by Gasteiger charge is -2.22. The Morgan fingerprint density at radius 1 is 1.50 bits per heavy atom. The molecule has 1 amide bonds. The molecule has 1 saturated heterocycles. The number of amides is 1. The van der Waals surface area contributed by atoms with Gasteiger partial charge in [-0.25, -0.2) is 0 Å². The molecule has 0 aromatic carbocycles. The molecule has 0 aliphatic carbocycles. The molecule has 1 fully saturated rings. The summed E-state index contributed by atoms with van der Waals surface area (Å²) in [5, 5.41) is 0. The molecule has 1 heterocycles. The Kier molecular flexibility index (Phi) is 3.93. The molecule has 1 aliphatic rings. The summed E-state index contributed by atoms with van der Waals surface area (Å²) < 4.78 is 0. The van der Waals surface area contributed by atoms with E-state index >= 15 is 0 Å². The first kappa shape index (κ1) is 11.0. The lowest BCUT2D eigenvalue weighted by atomic mass is 9.96. The molecular weight excluding hydrogens is 174 g/mol. The molecule has 78 valence electrons. The number of allylic oxidation sites excluding steroid dienone is 1. The standard InChI is InChI=1S/C12H19NO/c1-4-7-11(10(2)3)12(14)13-8-5-6-9-13/h4,11H,1-2,5-9H2,3H3. The van der Waals surface area contributed by atoms with E-state index in [2.05, 4.69) is 13.2 Å². The predicted octanol–water partition coefficient (Wildman–Crippen LogP) is 2.38. The summed E-state index contributed by atoms with van der Waals surface area (Å²) >= 11 is 0. The zero-order valence-electron chi connectivity index (χ0n) is 8.96. The van der Waals surface area contributed by atoms with Crippen LogP contribution < -0.4 is 0 Å². The molecule has 0 radical (unpaired) electrons. The third kappa shape index (κ3) is 2.47. The second-order valence-corrected chi connectivity index (χ2v) is 3.96. The van der Waals surface area contributed by atoms with E-state index in [0.717, 1.165) is 31.5 Å². The number of rotatable bonds is 4. The largest absolute Gasteiger partial charge is 0.342 e. The molecule has 0 bridgehead atoms. The van der Waals surface area contributed by atoms with Gasteiger partial charge in [-0.2, -0.15) is 0 Å². The van der Waals surface area contributed by atoms with Crippen molar-refractivity contribution in [3.63, 3.8) is 0 Å². The monoisotopic (exact) mass is 193 g/mol. The maximum Gasteiger partial charge on any atom is 0.230 e. The van der Waals surface area contributed by atoms with Gasteiger partial charge in [0, 0.05) is 13.1 Å². The minimum absolute atomic E-state index is 0.0504. The van der Waals surface area contributed by atoms with E-state index in [-0.39, 0.29) is 11.8 Å². The Labute approximate surface area is 86.3 Å². The lowest BCUT2D eigenvalue weighted by Crippen LogP contribution is -2.34. The molecule has 0 spiro atoms. The summed E-state index contributed by atoms with van der Waals surface area (Å²) in [6.45, 7) is 11.3. The fraction of sp³-hybridized carbons (Fsp3) is 0.583. The molecular formula is C12H19NO. The van der Waals surface area contributed by atoms with E-state index in [4.69, 9.17) is 0 Å². The minimum Gasteiger partial charge on any atom is -0.342 e. The Morgan fingerprint density at radius 2 is 2.07 bits per heavy atom. The summed E-state index contributed by atoms with van der Waals surface area (Å²) in [6, 6.07) is 0. The SMILES string of the molecule is C=CCC(C(=C)C)C(=O)N1CCCC1. The number of likely N-dealkylation sites (tertiary alicyclic amines) is 1. The van der Waals surface area contributed by atoms with Crippen molar-refractivity contribution in [2.45, 2.75) is 26.2 Å². The molecule has 0 saturated carbocycles. The van der Waals surface area contributed by atoms with Crippen molar-refractivity contribution in [2.75, 3.05) is 13.1 Å². The summed E-state index contributed by atoms with van der Waals surface area (Å²) in [4.78, 5) is 13.9. The topological polar surface area (TPSA) is 20.3 Å². The number of hydrogen-bond donors (Lipinski definition) is 0. The van der Waals surface area contributed by atoms with Gasteiger partial charge in [0.1, 0.15) is 0 Å². The Hall–Kier alpha value is -1.05. The van der Waals surface area contributed by atoms with Crippen LogP contribution in [0.3, 0.4) is 0 Å².